The monoisotopic (exact) mass is 241 g/mol. The smallest absolute Gasteiger partial charge is 0.174 e. The van der Waals surface area contributed by atoms with Gasteiger partial charge in [0.15, 0.2) is 5.78 Å². The molecule has 0 unspecified atom stereocenters. The van der Waals surface area contributed by atoms with Crippen molar-refractivity contribution in [2.45, 2.75) is 6.42 Å². The standard InChI is InChI=1S/C12H11N5O/c1-16-12(13-8-15-16)6-11(18)9-7-14-17-5-3-2-4-10(9)17/h2-5,7-8H,6H2,1H3. The predicted octanol–water partition coefficient (Wildman–Crippen LogP) is 0.888. The zero-order chi connectivity index (χ0) is 12.5. The van der Waals surface area contributed by atoms with Crippen LogP contribution >= 0.6 is 0 Å². The minimum atomic E-state index is -0.00713. The molecule has 0 fully saturated rings. The van der Waals surface area contributed by atoms with Crippen LogP contribution in [0.3, 0.4) is 0 Å². The van der Waals surface area contributed by atoms with Gasteiger partial charge < -0.3 is 0 Å². The van der Waals surface area contributed by atoms with Gasteiger partial charge in [-0.2, -0.15) is 10.2 Å². The number of hydrogen-bond donors (Lipinski definition) is 0. The first-order chi connectivity index (χ1) is 8.75. The highest BCUT2D eigenvalue weighted by Crippen LogP contribution is 2.12. The summed E-state index contributed by atoms with van der Waals surface area (Å²) in [7, 11) is 1.77. The van der Waals surface area contributed by atoms with Gasteiger partial charge in [-0.15, -0.1) is 0 Å². The van der Waals surface area contributed by atoms with Gasteiger partial charge in [-0.25, -0.2) is 9.50 Å². The predicted molar refractivity (Wildman–Crippen MR) is 64.2 cm³/mol. The SMILES string of the molecule is Cn1ncnc1CC(=O)c1cnn2ccccc12. The van der Waals surface area contributed by atoms with E-state index in [4.69, 9.17) is 0 Å². The highest BCUT2D eigenvalue weighted by atomic mass is 16.1. The fraction of sp³-hybridized carbons (Fsp3) is 0.167. The van der Waals surface area contributed by atoms with E-state index in [1.165, 1.54) is 6.33 Å². The first-order valence-corrected chi connectivity index (χ1v) is 5.54. The topological polar surface area (TPSA) is 65.1 Å². The molecule has 0 aliphatic rings. The van der Waals surface area contributed by atoms with Crippen LogP contribution in [0.1, 0.15) is 16.2 Å². The number of carbonyl (C=O) groups excluding carboxylic acids is 1. The fourth-order valence-corrected chi connectivity index (χ4v) is 1.87. The van der Waals surface area contributed by atoms with Crippen molar-refractivity contribution >= 4 is 11.3 Å². The molecule has 0 saturated heterocycles. The highest BCUT2D eigenvalue weighted by molar-refractivity contribution is 6.02. The zero-order valence-corrected chi connectivity index (χ0v) is 9.82. The molecule has 0 N–H and O–H groups in total. The van der Waals surface area contributed by atoms with Gasteiger partial charge in [0, 0.05) is 13.2 Å². The molecule has 0 aromatic carbocycles. The third-order valence-corrected chi connectivity index (χ3v) is 2.85. The number of Topliss-reactive ketones (excluding diaryl/α,β-unsaturated/α-hetero) is 1. The fourth-order valence-electron chi connectivity index (χ4n) is 1.87. The molecular weight excluding hydrogens is 230 g/mol. The van der Waals surface area contributed by atoms with E-state index in [1.807, 2.05) is 24.4 Å². The van der Waals surface area contributed by atoms with Crippen LogP contribution in [0.2, 0.25) is 0 Å². The molecule has 0 amide bonds. The number of carbonyl (C=O) groups is 1. The van der Waals surface area contributed by atoms with E-state index in [-0.39, 0.29) is 12.2 Å². The van der Waals surface area contributed by atoms with E-state index < -0.39 is 0 Å². The lowest BCUT2D eigenvalue weighted by atomic mass is 10.1. The van der Waals surface area contributed by atoms with Crippen LogP contribution in [0.4, 0.5) is 0 Å². The maximum absolute atomic E-state index is 12.2. The second kappa shape index (κ2) is 4.06. The molecule has 0 aliphatic heterocycles. The second-order valence-corrected chi connectivity index (χ2v) is 3.99. The molecule has 0 radical (unpaired) electrons. The minimum Gasteiger partial charge on any atom is -0.294 e. The number of aromatic nitrogens is 5. The molecular formula is C12H11N5O. The maximum Gasteiger partial charge on any atom is 0.174 e. The van der Waals surface area contributed by atoms with Crippen LogP contribution in [0.5, 0.6) is 0 Å². The highest BCUT2D eigenvalue weighted by Gasteiger charge is 2.15. The largest absolute Gasteiger partial charge is 0.294 e. The quantitative estimate of drug-likeness (QED) is 0.639. The number of aryl methyl sites for hydroxylation is 1. The Labute approximate surface area is 103 Å². The van der Waals surface area contributed by atoms with Gasteiger partial charge in [-0.1, -0.05) is 6.07 Å². The number of rotatable bonds is 3. The van der Waals surface area contributed by atoms with Gasteiger partial charge in [-0.3, -0.25) is 9.48 Å². The molecule has 6 nitrogen and oxygen atoms in total. The van der Waals surface area contributed by atoms with Crippen LogP contribution in [-0.2, 0) is 13.5 Å². The average Bonchev–Trinajstić information content (AvgIpc) is 2.96. The van der Waals surface area contributed by atoms with Crippen LogP contribution in [0.15, 0.2) is 36.9 Å². The maximum atomic E-state index is 12.2. The van der Waals surface area contributed by atoms with Crippen LogP contribution in [0, 0.1) is 0 Å². The molecule has 0 spiro atoms. The van der Waals surface area contributed by atoms with E-state index in [0.717, 1.165) is 5.52 Å². The van der Waals surface area contributed by atoms with Gasteiger partial charge in [0.25, 0.3) is 0 Å². The summed E-state index contributed by atoms with van der Waals surface area (Å²) in [6.45, 7) is 0. The Morgan fingerprint density at radius 3 is 3.00 bits per heavy atom. The van der Waals surface area contributed by atoms with Crippen molar-refractivity contribution in [2.75, 3.05) is 0 Å². The number of pyridine rings is 1. The number of hydrogen-bond acceptors (Lipinski definition) is 4. The Morgan fingerprint density at radius 2 is 2.22 bits per heavy atom. The zero-order valence-electron chi connectivity index (χ0n) is 9.82. The van der Waals surface area contributed by atoms with Crippen molar-refractivity contribution in [1.29, 1.82) is 0 Å². The summed E-state index contributed by atoms with van der Waals surface area (Å²) in [6, 6.07) is 5.63. The summed E-state index contributed by atoms with van der Waals surface area (Å²) in [5.74, 6) is 0.641. The van der Waals surface area contributed by atoms with Gasteiger partial charge in [0.05, 0.1) is 23.7 Å². The number of ketones is 1. The van der Waals surface area contributed by atoms with Gasteiger partial charge in [0.2, 0.25) is 0 Å². The lowest BCUT2D eigenvalue weighted by molar-refractivity contribution is 0.0991. The summed E-state index contributed by atoms with van der Waals surface area (Å²) >= 11 is 0. The first-order valence-electron chi connectivity index (χ1n) is 5.54. The Morgan fingerprint density at radius 1 is 1.33 bits per heavy atom. The molecule has 3 rings (SSSR count). The molecule has 3 aromatic heterocycles. The normalized spacial score (nSPS) is 10.9. The lowest BCUT2D eigenvalue weighted by Crippen LogP contribution is -2.08. The first kappa shape index (κ1) is 10.6. The van der Waals surface area contributed by atoms with Crippen molar-refractivity contribution in [3.8, 4) is 0 Å². The molecule has 6 heteroatoms. The summed E-state index contributed by atoms with van der Waals surface area (Å²) in [4.78, 5) is 16.3. The van der Waals surface area contributed by atoms with Crippen LogP contribution < -0.4 is 0 Å². The van der Waals surface area contributed by atoms with E-state index in [0.29, 0.717) is 11.4 Å². The molecule has 18 heavy (non-hydrogen) atoms. The Hall–Kier alpha value is -2.50. The van der Waals surface area contributed by atoms with Crippen molar-refractivity contribution in [3.63, 3.8) is 0 Å². The molecule has 90 valence electrons. The average molecular weight is 241 g/mol. The van der Waals surface area contributed by atoms with Gasteiger partial charge in [0.1, 0.15) is 12.2 Å². The Kier molecular flexibility index (Phi) is 2.40. The van der Waals surface area contributed by atoms with E-state index in [1.54, 1.807) is 22.4 Å². The molecule has 3 aromatic rings. The van der Waals surface area contributed by atoms with Crippen molar-refractivity contribution in [2.24, 2.45) is 7.05 Å². The summed E-state index contributed by atoms with van der Waals surface area (Å²) < 4.78 is 3.29. The molecule has 3 heterocycles. The Balaban J connectivity index is 1.95. The van der Waals surface area contributed by atoms with Crippen molar-refractivity contribution < 1.29 is 4.79 Å². The summed E-state index contributed by atoms with van der Waals surface area (Å²) in [5.41, 5.74) is 1.42. The molecule has 0 aliphatic carbocycles. The minimum absolute atomic E-state index is 0.00713. The summed E-state index contributed by atoms with van der Waals surface area (Å²) in [6.07, 6.45) is 5.08. The van der Waals surface area contributed by atoms with E-state index in [2.05, 4.69) is 15.2 Å². The van der Waals surface area contributed by atoms with Crippen molar-refractivity contribution in [1.82, 2.24) is 24.4 Å². The third-order valence-electron chi connectivity index (χ3n) is 2.85. The molecule has 0 saturated carbocycles. The van der Waals surface area contributed by atoms with E-state index in [9.17, 15) is 4.79 Å². The second-order valence-electron chi connectivity index (χ2n) is 3.99. The Bertz CT molecular complexity index is 712. The van der Waals surface area contributed by atoms with E-state index >= 15 is 0 Å². The van der Waals surface area contributed by atoms with Gasteiger partial charge in [-0.05, 0) is 12.1 Å². The molecule has 0 bridgehead atoms. The number of fused-ring (bicyclic) bond motifs is 1. The van der Waals surface area contributed by atoms with Crippen LogP contribution in [-0.4, -0.2) is 30.2 Å². The third kappa shape index (κ3) is 1.67. The lowest BCUT2D eigenvalue weighted by Gasteiger charge is -1.99. The van der Waals surface area contributed by atoms with Crippen molar-refractivity contribution in [3.05, 3.63) is 48.3 Å². The van der Waals surface area contributed by atoms with Crippen LogP contribution in [0.25, 0.3) is 5.52 Å². The van der Waals surface area contributed by atoms with Gasteiger partial charge >= 0.3 is 0 Å². The molecule has 0 atom stereocenters. The number of nitrogens with zero attached hydrogens (tertiary/aromatic N) is 5. The summed E-state index contributed by atoms with van der Waals surface area (Å²) in [5, 5.41) is 8.09.